The standard InChI is InChI=1S/C21H25N3O7S/c1-15-6-7-16(13-18(15)24(26)27)23-21(25)5-3-2-4-10-22-32(28,29)17-8-9-19-20(14-17)31-12-11-30-19/h6-9,13-14,22H,2-5,10-12H2,1H3,(H,23,25). The molecule has 0 unspecified atom stereocenters. The Hall–Kier alpha value is -3.18. The molecule has 0 radical (unpaired) electrons. The second-order valence-corrected chi connectivity index (χ2v) is 9.09. The molecular weight excluding hydrogens is 438 g/mol. The lowest BCUT2D eigenvalue weighted by atomic mass is 10.1. The molecule has 32 heavy (non-hydrogen) atoms. The summed E-state index contributed by atoms with van der Waals surface area (Å²) in [5, 5.41) is 13.6. The topological polar surface area (TPSA) is 137 Å². The molecule has 1 heterocycles. The first-order valence-electron chi connectivity index (χ1n) is 10.2. The average molecular weight is 464 g/mol. The Morgan fingerprint density at radius 1 is 1.06 bits per heavy atom. The Morgan fingerprint density at radius 2 is 1.81 bits per heavy atom. The van der Waals surface area contributed by atoms with Crippen LogP contribution in [-0.4, -0.2) is 39.0 Å². The fourth-order valence-corrected chi connectivity index (χ4v) is 4.26. The van der Waals surface area contributed by atoms with Gasteiger partial charge >= 0.3 is 0 Å². The van der Waals surface area contributed by atoms with Crippen molar-refractivity contribution >= 4 is 27.3 Å². The minimum atomic E-state index is -3.67. The molecule has 0 saturated carbocycles. The third-order valence-corrected chi connectivity index (χ3v) is 6.34. The number of hydrogen-bond acceptors (Lipinski definition) is 7. The second-order valence-electron chi connectivity index (χ2n) is 7.32. The van der Waals surface area contributed by atoms with Crippen molar-refractivity contribution in [1.29, 1.82) is 0 Å². The second kappa shape index (κ2) is 10.4. The van der Waals surface area contributed by atoms with Crippen molar-refractivity contribution in [2.45, 2.75) is 37.5 Å². The molecule has 2 N–H and O–H groups in total. The van der Waals surface area contributed by atoms with Crippen LogP contribution in [0.3, 0.4) is 0 Å². The van der Waals surface area contributed by atoms with Gasteiger partial charge in [0.15, 0.2) is 11.5 Å². The predicted octanol–water partition coefficient (Wildman–Crippen LogP) is 3.15. The highest BCUT2D eigenvalue weighted by atomic mass is 32.2. The summed E-state index contributed by atoms with van der Waals surface area (Å²) >= 11 is 0. The van der Waals surface area contributed by atoms with Gasteiger partial charge in [0.05, 0.1) is 9.82 Å². The maximum Gasteiger partial charge on any atom is 0.274 e. The molecule has 0 spiro atoms. The fourth-order valence-electron chi connectivity index (χ4n) is 3.18. The predicted molar refractivity (Wildman–Crippen MR) is 118 cm³/mol. The number of ether oxygens (including phenoxy) is 2. The highest BCUT2D eigenvalue weighted by molar-refractivity contribution is 7.89. The molecule has 0 fully saturated rings. The van der Waals surface area contributed by atoms with Crippen LogP contribution < -0.4 is 19.5 Å². The van der Waals surface area contributed by atoms with Gasteiger partial charge in [-0.3, -0.25) is 14.9 Å². The van der Waals surface area contributed by atoms with Crippen LogP contribution in [0.4, 0.5) is 11.4 Å². The number of nitrogens with one attached hydrogen (secondary N) is 2. The first-order chi connectivity index (χ1) is 15.3. The molecule has 2 aromatic rings. The summed E-state index contributed by atoms with van der Waals surface area (Å²) in [5.74, 6) is 0.678. The van der Waals surface area contributed by atoms with Gasteiger partial charge in [0.1, 0.15) is 13.2 Å². The zero-order valence-corrected chi connectivity index (χ0v) is 18.4. The average Bonchev–Trinajstić information content (AvgIpc) is 2.77. The molecule has 11 heteroatoms. The summed E-state index contributed by atoms with van der Waals surface area (Å²) in [6.07, 6.45) is 2.00. The summed E-state index contributed by atoms with van der Waals surface area (Å²) < 4.78 is 38.2. The smallest absolute Gasteiger partial charge is 0.274 e. The van der Waals surface area contributed by atoms with E-state index in [-0.39, 0.29) is 29.5 Å². The Morgan fingerprint density at radius 3 is 2.56 bits per heavy atom. The van der Waals surface area contributed by atoms with E-state index in [0.29, 0.717) is 55.2 Å². The Kier molecular flexibility index (Phi) is 7.65. The molecule has 3 rings (SSSR count). The van der Waals surface area contributed by atoms with Gasteiger partial charge in [0.2, 0.25) is 15.9 Å². The lowest BCUT2D eigenvalue weighted by molar-refractivity contribution is -0.385. The van der Waals surface area contributed by atoms with Gasteiger partial charge in [-0.2, -0.15) is 0 Å². The Labute approximate surface area is 186 Å². The number of carbonyl (C=O) groups is 1. The number of rotatable bonds is 10. The van der Waals surface area contributed by atoms with Crippen molar-refractivity contribution in [1.82, 2.24) is 4.72 Å². The number of hydrogen-bond donors (Lipinski definition) is 2. The van der Waals surface area contributed by atoms with Crippen molar-refractivity contribution in [3.63, 3.8) is 0 Å². The first-order valence-corrected chi connectivity index (χ1v) is 11.7. The highest BCUT2D eigenvalue weighted by Gasteiger charge is 2.19. The molecule has 0 bridgehead atoms. The maximum absolute atomic E-state index is 12.4. The van der Waals surface area contributed by atoms with Crippen molar-refractivity contribution in [2.24, 2.45) is 0 Å². The number of nitro groups is 1. The van der Waals surface area contributed by atoms with E-state index >= 15 is 0 Å². The molecule has 0 atom stereocenters. The molecule has 0 saturated heterocycles. The number of aryl methyl sites for hydroxylation is 1. The minimum absolute atomic E-state index is 0.0481. The Bertz CT molecular complexity index is 1100. The van der Waals surface area contributed by atoms with E-state index in [2.05, 4.69) is 10.0 Å². The lowest BCUT2D eigenvalue weighted by Crippen LogP contribution is -2.25. The minimum Gasteiger partial charge on any atom is -0.486 e. The molecule has 1 aliphatic rings. The van der Waals surface area contributed by atoms with Crippen LogP contribution in [0.15, 0.2) is 41.3 Å². The number of benzene rings is 2. The van der Waals surface area contributed by atoms with E-state index in [9.17, 15) is 23.3 Å². The molecule has 10 nitrogen and oxygen atoms in total. The van der Waals surface area contributed by atoms with Gasteiger partial charge in [0.25, 0.3) is 5.69 Å². The summed E-state index contributed by atoms with van der Waals surface area (Å²) in [6.45, 7) is 2.67. The highest BCUT2D eigenvalue weighted by Crippen LogP contribution is 2.32. The van der Waals surface area contributed by atoms with Crippen LogP contribution in [0.25, 0.3) is 0 Å². The van der Waals surface area contributed by atoms with Crippen LogP contribution >= 0.6 is 0 Å². The molecular formula is C21H25N3O7S. The van der Waals surface area contributed by atoms with Crippen LogP contribution in [0.5, 0.6) is 11.5 Å². The van der Waals surface area contributed by atoms with E-state index in [4.69, 9.17) is 9.47 Å². The number of carbonyl (C=O) groups excluding carboxylic acids is 1. The summed E-state index contributed by atoms with van der Waals surface area (Å²) in [7, 11) is -3.67. The quantitative estimate of drug-likeness (QED) is 0.314. The third-order valence-electron chi connectivity index (χ3n) is 4.89. The number of amides is 1. The fraction of sp³-hybridized carbons (Fsp3) is 0.381. The third kappa shape index (κ3) is 6.17. The monoisotopic (exact) mass is 463 g/mol. The molecule has 172 valence electrons. The zero-order chi connectivity index (χ0) is 23.1. The van der Waals surface area contributed by atoms with Gasteiger partial charge in [-0.1, -0.05) is 12.5 Å². The van der Waals surface area contributed by atoms with Gasteiger partial charge in [0, 0.05) is 36.3 Å². The van der Waals surface area contributed by atoms with Crippen molar-refractivity contribution < 1.29 is 27.6 Å². The van der Waals surface area contributed by atoms with Gasteiger partial charge in [-0.15, -0.1) is 0 Å². The van der Waals surface area contributed by atoms with Crippen molar-refractivity contribution in [3.8, 4) is 11.5 Å². The molecule has 2 aromatic carbocycles. The van der Waals surface area contributed by atoms with E-state index < -0.39 is 14.9 Å². The van der Waals surface area contributed by atoms with Crippen LogP contribution in [-0.2, 0) is 14.8 Å². The molecule has 0 aliphatic carbocycles. The summed E-state index contributed by atoms with van der Waals surface area (Å²) in [5.41, 5.74) is 0.847. The number of nitro benzene ring substituents is 1. The van der Waals surface area contributed by atoms with Crippen LogP contribution in [0.1, 0.15) is 31.2 Å². The number of anilines is 1. The van der Waals surface area contributed by atoms with E-state index in [1.807, 2.05) is 0 Å². The van der Waals surface area contributed by atoms with Crippen LogP contribution in [0.2, 0.25) is 0 Å². The zero-order valence-electron chi connectivity index (χ0n) is 17.6. The first kappa shape index (κ1) is 23.5. The number of unbranched alkanes of at least 4 members (excludes halogenated alkanes) is 2. The lowest BCUT2D eigenvalue weighted by Gasteiger charge is -2.18. The number of nitrogens with zero attached hydrogens (tertiary/aromatic N) is 1. The SMILES string of the molecule is Cc1ccc(NC(=O)CCCCCNS(=O)(=O)c2ccc3c(c2)OCCO3)cc1[N+](=O)[O-]. The molecule has 1 aliphatic heterocycles. The summed E-state index contributed by atoms with van der Waals surface area (Å²) in [6, 6.07) is 9.02. The number of sulfonamides is 1. The van der Waals surface area contributed by atoms with E-state index in [0.717, 1.165) is 0 Å². The van der Waals surface area contributed by atoms with Crippen LogP contribution in [0, 0.1) is 17.0 Å². The largest absolute Gasteiger partial charge is 0.486 e. The normalized spacial score (nSPS) is 12.9. The van der Waals surface area contributed by atoms with E-state index in [1.165, 1.54) is 18.2 Å². The summed E-state index contributed by atoms with van der Waals surface area (Å²) in [4.78, 5) is 22.7. The van der Waals surface area contributed by atoms with Crippen molar-refractivity contribution in [2.75, 3.05) is 25.1 Å². The van der Waals surface area contributed by atoms with E-state index in [1.54, 1.807) is 25.1 Å². The van der Waals surface area contributed by atoms with Gasteiger partial charge in [-0.25, -0.2) is 13.1 Å². The molecule has 0 aromatic heterocycles. The number of fused-ring (bicyclic) bond motifs is 1. The van der Waals surface area contributed by atoms with Gasteiger partial charge in [-0.05, 0) is 38.0 Å². The Balaban J connectivity index is 1.39. The molecule has 1 amide bonds. The van der Waals surface area contributed by atoms with Crippen molar-refractivity contribution in [3.05, 3.63) is 52.1 Å². The van der Waals surface area contributed by atoms with Gasteiger partial charge < -0.3 is 14.8 Å². The maximum atomic E-state index is 12.4.